The average Bonchev–Trinajstić information content (AvgIpc) is 2.13. The Morgan fingerprint density at radius 1 is 1.33 bits per heavy atom. The van der Waals surface area contributed by atoms with E-state index in [0.717, 1.165) is 0 Å². The van der Waals surface area contributed by atoms with E-state index in [1.54, 1.807) is 4.91 Å². The third-order valence-electron chi connectivity index (χ3n) is 2.46. The van der Waals surface area contributed by atoms with Crippen LogP contribution in [0.15, 0.2) is 6.08 Å². The van der Waals surface area contributed by atoms with Gasteiger partial charge >= 0.3 is 0 Å². The number of aromatic nitrogens is 1. The summed E-state index contributed by atoms with van der Waals surface area (Å²) in [6.07, 6.45) is 4.93. The summed E-state index contributed by atoms with van der Waals surface area (Å²) in [4.78, 5) is 7.62. The molecule has 0 amide bonds. The summed E-state index contributed by atoms with van der Waals surface area (Å²) in [5, 5.41) is 1.32. The third-order valence-corrected chi connectivity index (χ3v) is 4.95. The highest BCUT2D eigenvalue weighted by Crippen LogP contribution is 2.45. The Bertz CT molecular complexity index is 347. The van der Waals surface area contributed by atoms with Crippen LogP contribution in [0.3, 0.4) is 0 Å². The minimum atomic E-state index is 0.286. The smallest absolute Gasteiger partial charge is 0.202 e. The van der Waals surface area contributed by atoms with Gasteiger partial charge in [-0.1, -0.05) is 0 Å². The van der Waals surface area contributed by atoms with Crippen molar-refractivity contribution in [3.05, 3.63) is 21.7 Å². The molecular weight excluding hydrogens is 166 g/mol. The number of rotatable bonds is 1. The van der Waals surface area contributed by atoms with E-state index in [1.807, 2.05) is 0 Å². The molecule has 2 rings (SSSR count). The first-order valence-corrected chi connectivity index (χ1v) is 5.58. The van der Waals surface area contributed by atoms with E-state index in [1.165, 1.54) is 28.4 Å². The lowest BCUT2D eigenvalue weighted by Crippen LogP contribution is -1.88. The van der Waals surface area contributed by atoms with E-state index < -0.39 is 0 Å². The molecule has 1 atom stereocenters. The highest BCUT2D eigenvalue weighted by molar-refractivity contribution is 7.43. The minimum absolute atomic E-state index is 0.286. The first-order valence-electron chi connectivity index (χ1n) is 4.36. The highest BCUT2D eigenvalue weighted by atomic mass is 32.2. The van der Waals surface area contributed by atoms with Crippen molar-refractivity contribution in [1.29, 1.82) is 0 Å². The lowest BCUT2D eigenvalue weighted by molar-refractivity contribution is 1.02. The van der Waals surface area contributed by atoms with Crippen LogP contribution in [0.25, 0.3) is 4.91 Å². The fourth-order valence-corrected chi connectivity index (χ4v) is 3.96. The summed E-state index contributed by atoms with van der Waals surface area (Å²) in [5.74, 6) is 0. The zero-order chi connectivity index (χ0) is 8.72. The molecule has 0 radical (unpaired) electrons. The van der Waals surface area contributed by atoms with Crippen molar-refractivity contribution in [2.45, 2.75) is 33.6 Å². The number of hydrogen-bond donors (Lipinski definition) is 0. The second-order valence-corrected chi connectivity index (χ2v) is 5.63. The molecule has 2 heteroatoms. The van der Waals surface area contributed by atoms with Crippen LogP contribution < -0.4 is 0 Å². The number of aryl methyl sites for hydroxylation is 2. The molecule has 1 aliphatic carbocycles. The normalized spacial score (nSPS) is 17.2. The molecule has 1 unspecified atom stereocenters. The van der Waals surface area contributed by atoms with Gasteiger partial charge in [-0.05, 0) is 19.4 Å². The van der Waals surface area contributed by atoms with Crippen molar-refractivity contribution < 1.29 is 0 Å². The Balaban J connectivity index is 2.54. The standard InChI is InChI=1S/C10H14NS/c1-7-8(2)12(9(3)11-7)10-5-4-6-10/h5H,4,6H2,1-3H3/q+1. The van der Waals surface area contributed by atoms with Gasteiger partial charge in [-0.3, -0.25) is 0 Å². The average molecular weight is 180 g/mol. The first kappa shape index (κ1) is 7.99. The summed E-state index contributed by atoms with van der Waals surface area (Å²) < 4.78 is 0. The van der Waals surface area contributed by atoms with E-state index in [-0.39, 0.29) is 10.5 Å². The van der Waals surface area contributed by atoms with E-state index >= 15 is 0 Å². The zero-order valence-corrected chi connectivity index (χ0v) is 8.66. The molecule has 0 saturated heterocycles. The first-order chi connectivity index (χ1) is 5.70. The number of allylic oxidation sites excluding steroid dienone is 2. The predicted octanol–water partition coefficient (Wildman–Crippen LogP) is 3.39. The zero-order valence-electron chi connectivity index (χ0n) is 7.85. The van der Waals surface area contributed by atoms with Crippen LogP contribution in [0, 0.1) is 20.8 Å². The van der Waals surface area contributed by atoms with Crippen molar-refractivity contribution in [3.8, 4) is 0 Å². The second kappa shape index (κ2) is 2.70. The highest BCUT2D eigenvalue weighted by Gasteiger charge is 2.27. The van der Waals surface area contributed by atoms with Gasteiger partial charge in [0, 0.05) is 30.7 Å². The molecule has 1 heterocycles. The maximum atomic E-state index is 4.52. The van der Waals surface area contributed by atoms with Gasteiger partial charge in [-0.25, -0.2) is 4.98 Å². The monoisotopic (exact) mass is 180 g/mol. The topological polar surface area (TPSA) is 12.9 Å². The van der Waals surface area contributed by atoms with Gasteiger partial charge < -0.3 is 0 Å². The number of hydrogen-bond acceptors (Lipinski definition) is 1. The van der Waals surface area contributed by atoms with Crippen molar-refractivity contribution >= 4 is 15.4 Å². The molecule has 0 spiro atoms. The molecule has 0 fully saturated rings. The van der Waals surface area contributed by atoms with Gasteiger partial charge in [0.2, 0.25) is 5.01 Å². The Hall–Kier alpha value is -0.630. The molecule has 1 nitrogen and oxygen atoms in total. The Morgan fingerprint density at radius 3 is 2.33 bits per heavy atom. The SMILES string of the molecule is Cc1nc(C)[s+](C2=CCC2)c1C. The molecular formula is C10H14NS+. The molecule has 1 aromatic rings. The van der Waals surface area contributed by atoms with Crippen molar-refractivity contribution in [3.63, 3.8) is 0 Å². The van der Waals surface area contributed by atoms with E-state index in [4.69, 9.17) is 0 Å². The fraction of sp³-hybridized carbons (Fsp3) is 0.500. The maximum absolute atomic E-state index is 4.52. The molecule has 12 heavy (non-hydrogen) atoms. The second-order valence-electron chi connectivity index (χ2n) is 3.29. The Kier molecular flexibility index (Phi) is 1.80. The Morgan fingerprint density at radius 2 is 2.00 bits per heavy atom. The van der Waals surface area contributed by atoms with Gasteiger partial charge in [0.1, 0.15) is 0 Å². The number of nitrogens with zero attached hydrogens (tertiary/aromatic N) is 1. The summed E-state index contributed by atoms with van der Waals surface area (Å²) >= 11 is 0. The summed E-state index contributed by atoms with van der Waals surface area (Å²) in [6.45, 7) is 6.49. The number of thiazole rings is 1. The van der Waals surface area contributed by atoms with Crippen LogP contribution in [0.5, 0.6) is 0 Å². The van der Waals surface area contributed by atoms with Crippen molar-refractivity contribution in [2.75, 3.05) is 0 Å². The van der Waals surface area contributed by atoms with Crippen molar-refractivity contribution in [2.24, 2.45) is 0 Å². The molecule has 1 aromatic heterocycles. The molecule has 0 saturated carbocycles. The van der Waals surface area contributed by atoms with Gasteiger partial charge in [0.15, 0.2) is 9.78 Å². The summed E-state index contributed by atoms with van der Waals surface area (Å²) in [5.41, 5.74) is 1.24. The largest absolute Gasteiger partial charge is 0.244 e. The lowest BCUT2D eigenvalue weighted by atomic mass is 10.1. The van der Waals surface area contributed by atoms with E-state index in [2.05, 4.69) is 31.8 Å². The van der Waals surface area contributed by atoms with E-state index in [9.17, 15) is 0 Å². The molecule has 0 aliphatic heterocycles. The molecule has 0 aromatic carbocycles. The van der Waals surface area contributed by atoms with Crippen LogP contribution in [0.2, 0.25) is 0 Å². The van der Waals surface area contributed by atoms with E-state index in [0.29, 0.717) is 0 Å². The summed E-state index contributed by atoms with van der Waals surface area (Å²) in [6, 6.07) is 0. The van der Waals surface area contributed by atoms with Crippen LogP contribution in [-0.4, -0.2) is 4.98 Å². The Labute approximate surface area is 76.1 Å². The van der Waals surface area contributed by atoms with Gasteiger partial charge in [-0.2, -0.15) is 0 Å². The predicted molar refractivity (Wildman–Crippen MR) is 54.4 cm³/mol. The van der Waals surface area contributed by atoms with Crippen LogP contribution >= 0.6 is 10.5 Å². The van der Waals surface area contributed by atoms with Crippen molar-refractivity contribution in [1.82, 2.24) is 4.98 Å². The summed E-state index contributed by atoms with van der Waals surface area (Å²) in [7, 11) is 0.286. The quantitative estimate of drug-likeness (QED) is 0.604. The van der Waals surface area contributed by atoms with Gasteiger partial charge in [0.05, 0.1) is 5.69 Å². The minimum Gasteiger partial charge on any atom is -0.202 e. The third kappa shape index (κ3) is 1.02. The van der Waals surface area contributed by atoms with Crippen LogP contribution in [0.1, 0.15) is 28.4 Å². The van der Waals surface area contributed by atoms with Gasteiger partial charge in [0.25, 0.3) is 0 Å². The van der Waals surface area contributed by atoms with Crippen LogP contribution in [0.4, 0.5) is 0 Å². The maximum Gasteiger partial charge on any atom is 0.244 e. The molecule has 64 valence electrons. The lowest BCUT2D eigenvalue weighted by Gasteiger charge is -2.05. The van der Waals surface area contributed by atoms with Gasteiger partial charge in [-0.15, -0.1) is 0 Å². The molecule has 1 aliphatic rings. The molecule has 0 N–H and O–H groups in total. The fourth-order valence-electron chi connectivity index (χ4n) is 1.56. The molecule has 0 bridgehead atoms. The van der Waals surface area contributed by atoms with Crippen LogP contribution in [-0.2, 0) is 0 Å².